The molecule has 0 unspecified atom stereocenters. The molecule has 7 nitrogen and oxygen atoms in total. The molecule has 0 N–H and O–H groups in total. The zero-order valence-electron chi connectivity index (χ0n) is 24.8. The van der Waals surface area contributed by atoms with Gasteiger partial charge in [-0.15, -0.1) is 0 Å². The van der Waals surface area contributed by atoms with Crippen LogP contribution < -0.4 is 18.9 Å². The SMILES string of the molecule is C=C(C)C(=O)Oc1ccc(/C=C/c2cc(OC(=O)C(=C)C)c(-c3ccc(OC(=O)C(=C)C)cc3)cc2OC/C=C/C)cc1. The number of hydrogen-bond donors (Lipinski definition) is 0. The van der Waals surface area contributed by atoms with E-state index < -0.39 is 17.9 Å². The number of rotatable bonds is 12. The second-order valence-electron chi connectivity index (χ2n) is 9.70. The van der Waals surface area contributed by atoms with Crippen molar-refractivity contribution in [3.63, 3.8) is 0 Å². The summed E-state index contributed by atoms with van der Waals surface area (Å²) in [5, 5.41) is 0. The highest BCUT2D eigenvalue weighted by molar-refractivity contribution is 5.91. The molecular weight excluding hydrogens is 544 g/mol. The third-order valence-corrected chi connectivity index (χ3v) is 5.85. The molecule has 220 valence electrons. The number of carbonyl (C=O) groups excluding carboxylic acids is 3. The van der Waals surface area contributed by atoms with Gasteiger partial charge in [-0.3, -0.25) is 0 Å². The van der Waals surface area contributed by atoms with Crippen LogP contribution in [0.15, 0.2) is 109 Å². The van der Waals surface area contributed by atoms with Gasteiger partial charge in [0.1, 0.15) is 29.6 Å². The molecule has 0 spiro atoms. The van der Waals surface area contributed by atoms with Crippen LogP contribution in [0.5, 0.6) is 23.0 Å². The monoisotopic (exact) mass is 578 g/mol. The summed E-state index contributed by atoms with van der Waals surface area (Å²) in [7, 11) is 0. The minimum atomic E-state index is -0.578. The van der Waals surface area contributed by atoms with Crippen LogP contribution in [0.1, 0.15) is 38.8 Å². The Morgan fingerprint density at radius 3 is 1.70 bits per heavy atom. The number of hydrogen-bond acceptors (Lipinski definition) is 7. The van der Waals surface area contributed by atoms with Crippen LogP contribution in [0, 0.1) is 0 Å². The van der Waals surface area contributed by atoms with E-state index >= 15 is 0 Å². The second-order valence-corrected chi connectivity index (χ2v) is 9.70. The molecule has 0 amide bonds. The van der Waals surface area contributed by atoms with Gasteiger partial charge in [0.25, 0.3) is 0 Å². The van der Waals surface area contributed by atoms with E-state index in [-0.39, 0.29) is 11.1 Å². The van der Waals surface area contributed by atoms with Crippen LogP contribution in [0.25, 0.3) is 23.3 Å². The third kappa shape index (κ3) is 9.30. The summed E-state index contributed by atoms with van der Waals surface area (Å²) in [6, 6.07) is 17.3. The third-order valence-electron chi connectivity index (χ3n) is 5.85. The maximum atomic E-state index is 12.6. The van der Waals surface area contributed by atoms with Gasteiger partial charge in [-0.1, -0.05) is 68.3 Å². The van der Waals surface area contributed by atoms with Gasteiger partial charge in [-0.25, -0.2) is 14.4 Å². The van der Waals surface area contributed by atoms with Crippen LogP contribution in [0.2, 0.25) is 0 Å². The first-order valence-electron chi connectivity index (χ1n) is 13.4. The number of carbonyl (C=O) groups is 3. The Morgan fingerprint density at radius 1 is 0.674 bits per heavy atom. The smallest absolute Gasteiger partial charge is 0.338 e. The van der Waals surface area contributed by atoms with Crippen LogP contribution in [0.3, 0.4) is 0 Å². The lowest BCUT2D eigenvalue weighted by atomic mass is 10.0. The molecule has 0 saturated carbocycles. The summed E-state index contributed by atoms with van der Waals surface area (Å²) in [4.78, 5) is 36.3. The predicted octanol–water partition coefficient (Wildman–Crippen LogP) is 7.92. The lowest BCUT2D eigenvalue weighted by Gasteiger charge is -2.16. The van der Waals surface area contributed by atoms with E-state index in [9.17, 15) is 14.4 Å². The first-order valence-corrected chi connectivity index (χ1v) is 13.4. The number of allylic oxidation sites excluding steroid dienone is 1. The minimum absolute atomic E-state index is 0.242. The minimum Gasteiger partial charge on any atom is -0.489 e. The van der Waals surface area contributed by atoms with E-state index in [1.807, 2.05) is 31.2 Å². The van der Waals surface area contributed by atoms with E-state index in [0.717, 1.165) is 5.56 Å². The van der Waals surface area contributed by atoms with E-state index in [4.69, 9.17) is 18.9 Å². The van der Waals surface area contributed by atoms with Crippen molar-refractivity contribution in [2.75, 3.05) is 6.61 Å². The molecule has 3 aromatic rings. The van der Waals surface area contributed by atoms with Crippen molar-refractivity contribution in [3.05, 3.63) is 120 Å². The summed E-state index contributed by atoms with van der Waals surface area (Å²) in [5.41, 5.74) is 3.61. The Kier molecular flexibility index (Phi) is 11.2. The average molecular weight is 579 g/mol. The second kappa shape index (κ2) is 15.0. The fourth-order valence-electron chi connectivity index (χ4n) is 3.49. The van der Waals surface area contributed by atoms with Gasteiger partial charge in [0, 0.05) is 27.8 Å². The number of benzene rings is 3. The highest BCUT2D eigenvalue weighted by atomic mass is 16.5. The highest BCUT2D eigenvalue weighted by Gasteiger charge is 2.17. The lowest BCUT2D eigenvalue weighted by Crippen LogP contribution is -2.10. The molecule has 0 saturated heterocycles. The fourth-order valence-corrected chi connectivity index (χ4v) is 3.49. The van der Waals surface area contributed by atoms with E-state index in [1.165, 1.54) is 0 Å². The van der Waals surface area contributed by atoms with Crippen molar-refractivity contribution < 1.29 is 33.3 Å². The maximum Gasteiger partial charge on any atom is 0.338 e. The molecule has 0 atom stereocenters. The van der Waals surface area contributed by atoms with E-state index in [1.54, 1.807) is 81.4 Å². The summed E-state index contributed by atoms with van der Waals surface area (Å²) in [6.07, 6.45) is 7.45. The molecule has 0 bridgehead atoms. The Hall–Kier alpha value is -5.43. The molecule has 0 aliphatic carbocycles. The normalized spacial score (nSPS) is 10.8. The maximum absolute atomic E-state index is 12.6. The summed E-state index contributed by atoms with van der Waals surface area (Å²) in [6.45, 7) is 17.8. The quantitative estimate of drug-likeness (QED) is 0.0709. The van der Waals surface area contributed by atoms with Gasteiger partial charge in [-0.2, -0.15) is 0 Å². The van der Waals surface area contributed by atoms with Crippen molar-refractivity contribution in [2.45, 2.75) is 27.7 Å². The number of esters is 3. The molecule has 0 aliphatic heterocycles. The Morgan fingerprint density at radius 2 is 1.19 bits per heavy atom. The topological polar surface area (TPSA) is 88.1 Å². The molecule has 43 heavy (non-hydrogen) atoms. The predicted molar refractivity (Wildman–Crippen MR) is 169 cm³/mol. The van der Waals surface area contributed by atoms with Crippen molar-refractivity contribution in [1.29, 1.82) is 0 Å². The van der Waals surface area contributed by atoms with Gasteiger partial charge in [-0.05, 0) is 75.2 Å². The molecular formula is C36H34O7. The largest absolute Gasteiger partial charge is 0.489 e. The van der Waals surface area contributed by atoms with Gasteiger partial charge in [0.05, 0.1) is 0 Å². The Labute approximate surface area is 252 Å². The molecule has 0 radical (unpaired) electrons. The molecule has 0 aliphatic rings. The highest BCUT2D eigenvalue weighted by Crippen LogP contribution is 2.38. The summed E-state index contributed by atoms with van der Waals surface area (Å²) >= 11 is 0. The zero-order chi connectivity index (χ0) is 31.5. The Bertz CT molecular complexity index is 1600. The molecule has 0 fully saturated rings. The Balaban J connectivity index is 2.03. The van der Waals surface area contributed by atoms with Gasteiger partial charge in [0.15, 0.2) is 0 Å². The van der Waals surface area contributed by atoms with Crippen LogP contribution in [0.4, 0.5) is 0 Å². The molecule has 7 heteroatoms. The van der Waals surface area contributed by atoms with Crippen molar-refractivity contribution in [2.24, 2.45) is 0 Å². The first-order chi connectivity index (χ1) is 20.5. The van der Waals surface area contributed by atoms with E-state index in [0.29, 0.717) is 51.9 Å². The van der Waals surface area contributed by atoms with Crippen molar-refractivity contribution >= 4 is 30.1 Å². The van der Waals surface area contributed by atoms with Crippen molar-refractivity contribution in [3.8, 4) is 34.1 Å². The van der Waals surface area contributed by atoms with Gasteiger partial charge >= 0.3 is 17.9 Å². The lowest BCUT2D eigenvalue weighted by molar-refractivity contribution is -0.130. The van der Waals surface area contributed by atoms with Crippen molar-refractivity contribution in [1.82, 2.24) is 0 Å². The van der Waals surface area contributed by atoms with Gasteiger partial charge in [0.2, 0.25) is 0 Å². The molecule has 3 aromatic carbocycles. The summed E-state index contributed by atoms with van der Waals surface area (Å²) in [5.74, 6) is -0.0106. The standard InChI is InChI=1S/C36H34O7/c1-8-9-20-40-32-22-31(27-14-18-30(19-15-27)42-35(38)24(4)5)33(43-36(39)25(6)7)21-28(32)13-10-26-11-16-29(17-12-26)41-34(37)23(2)3/h8-19,21-22H,2,4,6,20H2,1,3,5,7H3/b9-8+,13-10+. The molecule has 3 rings (SSSR count). The van der Waals surface area contributed by atoms with Crippen LogP contribution >= 0.6 is 0 Å². The number of ether oxygens (including phenoxy) is 4. The summed E-state index contributed by atoms with van der Waals surface area (Å²) < 4.78 is 22.4. The van der Waals surface area contributed by atoms with E-state index in [2.05, 4.69) is 19.7 Å². The molecule has 0 heterocycles. The zero-order valence-corrected chi connectivity index (χ0v) is 24.8. The van der Waals surface area contributed by atoms with Crippen LogP contribution in [-0.2, 0) is 14.4 Å². The fraction of sp³-hybridized carbons (Fsp3) is 0.139. The van der Waals surface area contributed by atoms with Crippen LogP contribution in [-0.4, -0.2) is 24.5 Å². The molecule has 0 aromatic heterocycles. The average Bonchev–Trinajstić information content (AvgIpc) is 2.97. The first kappa shape index (κ1) is 32.1. The van der Waals surface area contributed by atoms with Gasteiger partial charge < -0.3 is 18.9 Å².